The highest BCUT2D eigenvalue weighted by Crippen LogP contribution is 2.38. The van der Waals surface area contributed by atoms with Crippen LogP contribution >= 0.6 is 11.8 Å². The number of carbonyl (C=O) groups excluding carboxylic acids is 1. The largest absolute Gasteiger partial charge is 0.469 e. The number of rotatable bonds is 3. The Kier molecular flexibility index (Phi) is 3.25. The maximum absolute atomic E-state index is 11.0. The molecule has 1 aliphatic heterocycles. The molecule has 82 valence electrons. The lowest BCUT2D eigenvalue weighted by molar-refractivity contribution is -0.140. The number of hydrogen-bond donors (Lipinski definition) is 0. The molecule has 0 amide bonds. The molecule has 1 saturated heterocycles. The summed E-state index contributed by atoms with van der Waals surface area (Å²) in [5.41, 5.74) is 0. The van der Waals surface area contributed by atoms with Gasteiger partial charge in [-0.2, -0.15) is 16.7 Å². The molecule has 0 saturated carbocycles. The lowest BCUT2D eigenvalue weighted by Gasteiger charge is -1.98. The predicted molar refractivity (Wildman–Crippen MR) is 54.5 cm³/mol. The zero-order chi connectivity index (χ0) is 10.7. The van der Waals surface area contributed by atoms with E-state index in [-0.39, 0.29) is 12.4 Å². The predicted octanol–water partition coefficient (Wildman–Crippen LogP) is 1.35. The third-order valence-corrected chi connectivity index (χ3v) is 3.60. The molecule has 2 rings (SSSR count). The Morgan fingerprint density at radius 2 is 2.60 bits per heavy atom. The SMILES string of the molecule is COC(=O)Cc1nc(C2CCCS2)no1. The summed E-state index contributed by atoms with van der Waals surface area (Å²) in [5.74, 6) is 1.83. The highest BCUT2D eigenvalue weighted by Gasteiger charge is 2.23. The van der Waals surface area contributed by atoms with Crippen LogP contribution in [0.2, 0.25) is 0 Å². The molecule has 5 nitrogen and oxygen atoms in total. The van der Waals surface area contributed by atoms with Crippen LogP contribution in [-0.4, -0.2) is 29.0 Å². The van der Waals surface area contributed by atoms with Crippen LogP contribution in [0, 0.1) is 0 Å². The Morgan fingerprint density at radius 1 is 1.73 bits per heavy atom. The van der Waals surface area contributed by atoms with Gasteiger partial charge in [0.05, 0.1) is 12.4 Å². The second kappa shape index (κ2) is 4.65. The summed E-state index contributed by atoms with van der Waals surface area (Å²) in [6.45, 7) is 0. The zero-order valence-electron chi connectivity index (χ0n) is 8.43. The van der Waals surface area contributed by atoms with Crippen molar-refractivity contribution in [2.45, 2.75) is 24.5 Å². The van der Waals surface area contributed by atoms with Gasteiger partial charge in [-0.25, -0.2) is 0 Å². The van der Waals surface area contributed by atoms with Gasteiger partial charge in [-0.05, 0) is 18.6 Å². The third kappa shape index (κ3) is 2.50. The van der Waals surface area contributed by atoms with Gasteiger partial charge >= 0.3 is 5.97 Å². The first-order chi connectivity index (χ1) is 7.29. The minimum atomic E-state index is -0.357. The minimum Gasteiger partial charge on any atom is -0.469 e. The maximum Gasteiger partial charge on any atom is 0.315 e. The molecule has 2 heterocycles. The van der Waals surface area contributed by atoms with Crippen LogP contribution in [0.15, 0.2) is 4.52 Å². The van der Waals surface area contributed by atoms with E-state index < -0.39 is 0 Å². The van der Waals surface area contributed by atoms with Crippen LogP contribution in [0.5, 0.6) is 0 Å². The van der Waals surface area contributed by atoms with Gasteiger partial charge < -0.3 is 9.26 Å². The molecule has 6 heteroatoms. The van der Waals surface area contributed by atoms with E-state index in [0.29, 0.717) is 17.0 Å². The number of ether oxygens (including phenoxy) is 1. The molecule has 0 aliphatic carbocycles. The fourth-order valence-corrected chi connectivity index (χ4v) is 2.64. The molecular formula is C9H12N2O3S. The highest BCUT2D eigenvalue weighted by molar-refractivity contribution is 7.99. The van der Waals surface area contributed by atoms with Crippen LogP contribution in [0.4, 0.5) is 0 Å². The summed E-state index contributed by atoms with van der Waals surface area (Å²) in [6, 6.07) is 0. The van der Waals surface area contributed by atoms with Crippen molar-refractivity contribution in [1.82, 2.24) is 10.1 Å². The van der Waals surface area contributed by atoms with Crippen molar-refractivity contribution in [3.8, 4) is 0 Å². The summed E-state index contributed by atoms with van der Waals surface area (Å²) in [6.07, 6.45) is 2.33. The Balaban J connectivity index is 2.00. The molecule has 0 N–H and O–H groups in total. The smallest absolute Gasteiger partial charge is 0.315 e. The Labute approximate surface area is 91.6 Å². The van der Waals surface area contributed by atoms with Crippen LogP contribution < -0.4 is 0 Å². The van der Waals surface area contributed by atoms with Crippen molar-refractivity contribution in [2.24, 2.45) is 0 Å². The Morgan fingerprint density at radius 3 is 3.27 bits per heavy atom. The van der Waals surface area contributed by atoms with Gasteiger partial charge in [-0.15, -0.1) is 0 Å². The Hall–Kier alpha value is -1.04. The van der Waals surface area contributed by atoms with Crippen molar-refractivity contribution in [2.75, 3.05) is 12.9 Å². The van der Waals surface area contributed by atoms with Crippen molar-refractivity contribution >= 4 is 17.7 Å². The van der Waals surface area contributed by atoms with E-state index in [4.69, 9.17) is 4.52 Å². The van der Waals surface area contributed by atoms with E-state index in [2.05, 4.69) is 14.9 Å². The van der Waals surface area contributed by atoms with Crippen LogP contribution in [0.1, 0.15) is 29.8 Å². The van der Waals surface area contributed by atoms with E-state index in [9.17, 15) is 4.79 Å². The summed E-state index contributed by atoms with van der Waals surface area (Å²) < 4.78 is 9.49. The van der Waals surface area contributed by atoms with Crippen molar-refractivity contribution in [3.63, 3.8) is 0 Å². The van der Waals surface area contributed by atoms with Gasteiger partial charge in [0.1, 0.15) is 6.42 Å². The molecule has 1 aromatic heterocycles. The second-order valence-electron chi connectivity index (χ2n) is 3.30. The fraction of sp³-hybridized carbons (Fsp3) is 0.667. The molecule has 0 radical (unpaired) electrons. The number of methoxy groups -OCH3 is 1. The lowest BCUT2D eigenvalue weighted by Crippen LogP contribution is -2.04. The van der Waals surface area contributed by atoms with Crippen LogP contribution in [-0.2, 0) is 16.0 Å². The first-order valence-corrected chi connectivity index (χ1v) is 5.85. The summed E-state index contributed by atoms with van der Waals surface area (Å²) >= 11 is 1.83. The second-order valence-corrected chi connectivity index (χ2v) is 4.61. The number of esters is 1. The standard InChI is InChI=1S/C9H12N2O3S/c1-13-8(12)5-7-10-9(11-14-7)6-3-2-4-15-6/h6H,2-5H2,1H3. The third-order valence-electron chi connectivity index (χ3n) is 2.22. The molecule has 15 heavy (non-hydrogen) atoms. The van der Waals surface area contributed by atoms with Crippen molar-refractivity contribution < 1.29 is 14.1 Å². The number of thioether (sulfide) groups is 1. The van der Waals surface area contributed by atoms with Gasteiger partial charge in [0.2, 0.25) is 5.89 Å². The van der Waals surface area contributed by atoms with E-state index in [1.54, 1.807) is 0 Å². The summed E-state index contributed by atoms with van der Waals surface area (Å²) in [7, 11) is 1.34. The molecule has 1 atom stereocenters. The average Bonchev–Trinajstić information content (AvgIpc) is 2.85. The van der Waals surface area contributed by atoms with Crippen molar-refractivity contribution in [3.05, 3.63) is 11.7 Å². The van der Waals surface area contributed by atoms with E-state index in [0.717, 1.165) is 12.2 Å². The highest BCUT2D eigenvalue weighted by atomic mass is 32.2. The minimum absolute atomic E-state index is 0.0564. The molecule has 0 bridgehead atoms. The first-order valence-electron chi connectivity index (χ1n) is 4.80. The van der Waals surface area contributed by atoms with Crippen molar-refractivity contribution in [1.29, 1.82) is 0 Å². The average molecular weight is 228 g/mol. The number of carbonyl (C=O) groups is 1. The summed E-state index contributed by atoms with van der Waals surface area (Å²) in [5, 5.41) is 4.20. The molecule has 1 fully saturated rings. The monoisotopic (exact) mass is 228 g/mol. The molecule has 1 aromatic rings. The number of nitrogens with zero attached hydrogens (tertiary/aromatic N) is 2. The van der Waals surface area contributed by atoms with E-state index in [1.165, 1.54) is 13.5 Å². The molecule has 1 unspecified atom stereocenters. The van der Waals surface area contributed by atoms with E-state index in [1.807, 2.05) is 11.8 Å². The normalized spacial score (nSPS) is 20.5. The van der Waals surface area contributed by atoms with Gasteiger partial charge in [-0.1, -0.05) is 5.16 Å². The summed E-state index contributed by atoms with van der Waals surface area (Å²) in [4.78, 5) is 15.1. The number of hydrogen-bond acceptors (Lipinski definition) is 6. The molecule has 0 spiro atoms. The van der Waals surface area contributed by atoms with E-state index >= 15 is 0 Å². The Bertz CT molecular complexity index is 347. The number of aromatic nitrogens is 2. The topological polar surface area (TPSA) is 65.2 Å². The zero-order valence-corrected chi connectivity index (χ0v) is 9.25. The van der Waals surface area contributed by atoms with Crippen LogP contribution in [0.3, 0.4) is 0 Å². The fourth-order valence-electron chi connectivity index (χ4n) is 1.45. The first kappa shape index (κ1) is 10.5. The molecular weight excluding hydrogens is 216 g/mol. The maximum atomic E-state index is 11.0. The quantitative estimate of drug-likeness (QED) is 0.728. The molecule has 1 aliphatic rings. The lowest BCUT2D eigenvalue weighted by atomic mass is 10.2. The van der Waals surface area contributed by atoms with Gasteiger partial charge in [0, 0.05) is 0 Å². The van der Waals surface area contributed by atoms with Gasteiger partial charge in [0.25, 0.3) is 0 Å². The van der Waals surface area contributed by atoms with Crippen LogP contribution in [0.25, 0.3) is 0 Å². The van der Waals surface area contributed by atoms with Gasteiger partial charge in [0.15, 0.2) is 5.82 Å². The van der Waals surface area contributed by atoms with Gasteiger partial charge in [-0.3, -0.25) is 4.79 Å². The molecule has 0 aromatic carbocycles.